The number of hydrazone groups is 1. The monoisotopic (exact) mass is 494 g/mol. The number of piperidine rings is 1. The molecule has 2 aromatic rings. The maximum absolute atomic E-state index is 12.6. The number of rotatable bonds is 8. The first kappa shape index (κ1) is 25.5. The smallest absolute Gasteiger partial charge is 0.411 e. The minimum Gasteiger partial charge on any atom is -0.493 e. The van der Waals surface area contributed by atoms with E-state index >= 15 is 0 Å². The third-order valence-corrected chi connectivity index (χ3v) is 6.37. The number of ether oxygens (including phenoxy) is 3. The molecule has 0 bridgehead atoms. The summed E-state index contributed by atoms with van der Waals surface area (Å²) in [4.78, 5) is 27.0. The molecular formula is C27H34N4O5. The Kier molecular flexibility index (Phi) is 8.43. The van der Waals surface area contributed by atoms with Crippen LogP contribution < -0.4 is 14.8 Å². The summed E-state index contributed by atoms with van der Waals surface area (Å²) < 4.78 is 16.6. The Morgan fingerprint density at radius 1 is 1.08 bits per heavy atom. The van der Waals surface area contributed by atoms with Gasteiger partial charge in [0.1, 0.15) is 6.10 Å². The van der Waals surface area contributed by atoms with Crippen LogP contribution in [-0.4, -0.2) is 67.6 Å². The lowest BCUT2D eigenvalue weighted by Gasteiger charge is -2.28. The summed E-state index contributed by atoms with van der Waals surface area (Å²) in [6.07, 6.45) is 2.15. The molecule has 2 amide bonds. The average Bonchev–Trinajstić information content (AvgIpc) is 2.88. The minimum atomic E-state index is -0.441. The first-order chi connectivity index (χ1) is 17.4. The highest BCUT2D eigenvalue weighted by atomic mass is 16.6. The van der Waals surface area contributed by atoms with Crippen molar-refractivity contribution in [1.29, 1.82) is 0 Å². The topological polar surface area (TPSA) is 92.7 Å². The molecule has 0 atom stereocenters. The Hall–Kier alpha value is -3.59. The lowest BCUT2D eigenvalue weighted by atomic mass is 10.0. The highest BCUT2D eigenvalue weighted by molar-refractivity contribution is 6.04. The van der Waals surface area contributed by atoms with Gasteiger partial charge in [-0.15, -0.1) is 0 Å². The second kappa shape index (κ2) is 11.9. The number of methoxy groups -OCH3 is 1. The van der Waals surface area contributed by atoms with Crippen molar-refractivity contribution in [2.75, 3.05) is 39.2 Å². The van der Waals surface area contributed by atoms with Gasteiger partial charge in [0.05, 0.1) is 26.0 Å². The molecule has 192 valence electrons. The van der Waals surface area contributed by atoms with E-state index in [1.165, 1.54) is 5.01 Å². The summed E-state index contributed by atoms with van der Waals surface area (Å²) in [6.45, 7) is 4.65. The summed E-state index contributed by atoms with van der Waals surface area (Å²) >= 11 is 0. The second-order valence-corrected chi connectivity index (χ2v) is 9.03. The number of nitrogens with one attached hydrogen (secondary N) is 1. The lowest BCUT2D eigenvalue weighted by molar-refractivity contribution is -0.132. The van der Waals surface area contributed by atoms with Crippen molar-refractivity contribution < 1.29 is 23.8 Å². The number of benzene rings is 2. The number of hydrogen-bond acceptors (Lipinski definition) is 7. The van der Waals surface area contributed by atoms with Gasteiger partial charge in [0.15, 0.2) is 11.5 Å². The molecule has 0 unspecified atom stereocenters. The summed E-state index contributed by atoms with van der Waals surface area (Å²) in [6, 6.07) is 13.1. The number of likely N-dealkylation sites (tertiary alicyclic amines) is 1. The van der Waals surface area contributed by atoms with E-state index in [9.17, 15) is 9.59 Å². The van der Waals surface area contributed by atoms with Crippen LogP contribution in [0, 0.1) is 0 Å². The quantitative estimate of drug-likeness (QED) is 0.589. The van der Waals surface area contributed by atoms with Crippen LogP contribution in [0.15, 0.2) is 47.6 Å². The van der Waals surface area contributed by atoms with E-state index in [-0.39, 0.29) is 12.0 Å². The molecule has 2 heterocycles. The van der Waals surface area contributed by atoms with Crippen molar-refractivity contribution in [2.45, 2.75) is 45.3 Å². The van der Waals surface area contributed by atoms with Gasteiger partial charge in [0, 0.05) is 37.2 Å². The third-order valence-electron chi connectivity index (χ3n) is 6.37. The SMILES string of the molecule is CCOc1cc(C2=NN(Cc3ccc(NC(=O)OC4CCN(C)CC4)cc3)C(=O)CC2)ccc1OC. The van der Waals surface area contributed by atoms with Crippen LogP contribution in [-0.2, 0) is 16.1 Å². The Morgan fingerprint density at radius 2 is 1.83 bits per heavy atom. The predicted octanol–water partition coefficient (Wildman–Crippen LogP) is 4.26. The molecular weight excluding hydrogens is 460 g/mol. The molecule has 2 aliphatic heterocycles. The van der Waals surface area contributed by atoms with Crippen molar-refractivity contribution in [1.82, 2.24) is 9.91 Å². The number of nitrogens with zero attached hydrogens (tertiary/aromatic N) is 3. The molecule has 9 nitrogen and oxygen atoms in total. The van der Waals surface area contributed by atoms with E-state index in [2.05, 4.69) is 22.4 Å². The Morgan fingerprint density at radius 3 is 2.53 bits per heavy atom. The van der Waals surface area contributed by atoms with E-state index in [4.69, 9.17) is 14.2 Å². The highest BCUT2D eigenvalue weighted by Gasteiger charge is 2.23. The molecule has 0 radical (unpaired) electrons. The second-order valence-electron chi connectivity index (χ2n) is 9.03. The van der Waals surface area contributed by atoms with Crippen LogP contribution in [0.4, 0.5) is 10.5 Å². The number of anilines is 1. The molecule has 1 N–H and O–H groups in total. The van der Waals surface area contributed by atoms with Crippen molar-refractivity contribution in [3.63, 3.8) is 0 Å². The number of amides is 2. The summed E-state index contributed by atoms with van der Waals surface area (Å²) in [5.41, 5.74) is 3.28. The van der Waals surface area contributed by atoms with Crippen LogP contribution in [0.25, 0.3) is 0 Å². The van der Waals surface area contributed by atoms with E-state index in [0.717, 1.165) is 42.8 Å². The van der Waals surface area contributed by atoms with Gasteiger partial charge in [0.2, 0.25) is 5.91 Å². The number of carbonyl (C=O) groups excluding carboxylic acids is 2. The molecule has 0 aromatic heterocycles. The van der Waals surface area contributed by atoms with Crippen LogP contribution >= 0.6 is 0 Å². The molecule has 0 saturated carbocycles. The molecule has 0 aliphatic carbocycles. The van der Waals surface area contributed by atoms with Crippen molar-refractivity contribution in [3.05, 3.63) is 53.6 Å². The van der Waals surface area contributed by atoms with E-state index in [1.54, 1.807) is 7.11 Å². The zero-order valence-electron chi connectivity index (χ0n) is 21.2. The molecule has 4 rings (SSSR count). The Bertz CT molecular complexity index is 1090. The fraction of sp³-hybridized carbons (Fsp3) is 0.444. The fourth-order valence-electron chi connectivity index (χ4n) is 4.32. The average molecular weight is 495 g/mol. The molecule has 2 aromatic carbocycles. The lowest BCUT2D eigenvalue weighted by Crippen LogP contribution is -2.36. The molecule has 2 aliphatic rings. The maximum Gasteiger partial charge on any atom is 0.411 e. The molecule has 1 fully saturated rings. The van der Waals surface area contributed by atoms with Crippen LogP contribution in [0.5, 0.6) is 11.5 Å². The van der Waals surface area contributed by atoms with Gasteiger partial charge in [0.25, 0.3) is 0 Å². The standard InChI is InChI=1S/C27H34N4O5/c1-4-35-25-17-20(7-11-24(25)34-3)23-10-12-26(32)31(29-23)18-19-5-8-21(9-6-19)28-27(33)36-22-13-15-30(2)16-14-22/h5-9,11,17,22H,4,10,12-16,18H2,1-3H3,(H,28,33). The molecule has 0 spiro atoms. The Balaban J connectivity index is 1.38. The van der Waals surface area contributed by atoms with Gasteiger partial charge >= 0.3 is 6.09 Å². The zero-order chi connectivity index (χ0) is 25.5. The molecule has 36 heavy (non-hydrogen) atoms. The van der Waals surface area contributed by atoms with E-state index in [1.807, 2.05) is 49.4 Å². The van der Waals surface area contributed by atoms with Crippen LogP contribution in [0.1, 0.15) is 43.7 Å². The summed E-state index contributed by atoms with van der Waals surface area (Å²) in [5.74, 6) is 1.29. The van der Waals surface area contributed by atoms with Crippen LogP contribution in [0.2, 0.25) is 0 Å². The van der Waals surface area contributed by atoms with Crippen molar-refractivity contribution in [2.24, 2.45) is 5.10 Å². The van der Waals surface area contributed by atoms with Crippen LogP contribution in [0.3, 0.4) is 0 Å². The minimum absolute atomic E-state index is 0.0267. The first-order valence-electron chi connectivity index (χ1n) is 12.4. The maximum atomic E-state index is 12.6. The van der Waals surface area contributed by atoms with Gasteiger partial charge in [-0.2, -0.15) is 5.10 Å². The van der Waals surface area contributed by atoms with E-state index in [0.29, 0.717) is 43.2 Å². The third kappa shape index (κ3) is 6.54. The predicted molar refractivity (Wildman–Crippen MR) is 138 cm³/mol. The summed E-state index contributed by atoms with van der Waals surface area (Å²) in [7, 11) is 3.67. The molecule has 1 saturated heterocycles. The zero-order valence-corrected chi connectivity index (χ0v) is 21.2. The Labute approximate surface area is 212 Å². The van der Waals surface area contributed by atoms with Crippen molar-refractivity contribution >= 4 is 23.4 Å². The largest absolute Gasteiger partial charge is 0.493 e. The number of hydrogen-bond donors (Lipinski definition) is 1. The normalized spacial score (nSPS) is 16.9. The first-order valence-corrected chi connectivity index (χ1v) is 12.4. The number of carbonyl (C=O) groups is 2. The molecule has 9 heteroatoms. The van der Waals surface area contributed by atoms with E-state index < -0.39 is 6.09 Å². The van der Waals surface area contributed by atoms with Gasteiger partial charge < -0.3 is 19.1 Å². The van der Waals surface area contributed by atoms with Gasteiger partial charge in [-0.3, -0.25) is 10.1 Å². The van der Waals surface area contributed by atoms with Gasteiger partial charge in [-0.25, -0.2) is 9.80 Å². The van der Waals surface area contributed by atoms with Crippen molar-refractivity contribution in [3.8, 4) is 11.5 Å². The highest BCUT2D eigenvalue weighted by Crippen LogP contribution is 2.30. The van der Waals surface area contributed by atoms with Gasteiger partial charge in [-0.05, 0) is 62.7 Å². The van der Waals surface area contributed by atoms with Gasteiger partial charge in [-0.1, -0.05) is 12.1 Å². The fourth-order valence-corrected chi connectivity index (χ4v) is 4.32. The summed E-state index contributed by atoms with van der Waals surface area (Å²) in [5, 5.41) is 8.93.